The summed E-state index contributed by atoms with van der Waals surface area (Å²) in [5.41, 5.74) is 2.72. The van der Waals surface area contributed by atoms with Gasteiger partial charge in [0, 0.05) is 5.92 Å². The number of aromatic hydroxyl groups is 1. The lowest BCUT2D eigenvalue weighted by Crippen LogP contribution is -2.54. The van der Waals surface area contributed by atoms with Crippen LogP contribution in [-0.2, 0) is 9.59 Å². The number of aryl methyl sites for hydroxylation is 2. The Morgan fingerprint density at radius 2 is 1.71 bits per heavy atom. The average molecular weight is 460 g/mol. The summed E-state index contributed by atoms with van der Waals surface area (Å²) in [5.74, 6) is -2.46. The molecule has 1 aliphatic carbocycles. The molecule has 0 saturated carbocycles. The molecule has 2 aromatic carbocycles. The van der Waals surface area contributed by atoms with Crippen LogP contribution in [0.5, 0.6) is 5.75 Å². The topological polar surface area (TPSA) is 57.6 Å². The van der Waals surface area contributed by atoms with Crippen LogP contribution in [0.1, 0.15) is 29.0 Å². The number of alkyl halides is 2. The molecule has 2 aromatic rings. The number of rotatable bonds is 3. The molecule has 0 spiro atoms. The van der Waals surface area contributed by atoms with Crippen LogP contribution in [0.4, 0.5) is 10.1 Å². The van der Waals surface area contributed by atoms with Gasteiger partial charge in [0.25, 0.3) is 11.8 Å². The Kier molecular flexibility index (Phi) is 5.02. The van der Waals surface area contributed by atoms with Crippen LogP contribution in [0.3, 0.4) is 0 Å². The van der Waals surface area contributed by atoms with E-state index in [1.165, 1.54) is 12.1 Å². The molecule has 0 aromatic heterocycles. The van der Waals surface area contributed by atoms with Gasteiger partial charge < -0.3 is 5.11 Å². The van der Waals surface area contributed by atoms with Crippen molar-refractivity contribution >= 4 is 40.7 Å². The summed E-state index contributed by atoms with van der Waals surface area (Å²) in [7, 11) is 0. The van der Waals surface area contributed by atoms with Crippen LogP contribution in [0.2, 0.25) is 0 Å². The second-order valence-corrected chi connectivity index (χ2v) is 9.23. The molecule has 0 radical (unpaired) electrons. The monoisotopic (exact) mass is 459 g/mol. The van der Waals surface area contributed by atoms with Crippen LogP contribution in [0, 0.1) is 19.7 Å². The Balaban J connectivity index is 1.94. The van der Waals surface area contributed by atoms with Crippen molar-refractivity contribution < 1.29 is 19.1 Å². The fourth-order valence-electron chi connectivity index (χ4n) is 4.56. The van der Waals surface area contributed by atoms with E-state index in [0.29, 0.717) is 22.3 Å². The summed E-state index contributed by atoms with van der Waals surface area (Å²) in [5, 5.41) is 10.2. The molecule has 1 heterocycles. The van der Waals surface area contributed by atoms with Gasteiger partial charge in [0.15, 0.2) is 9.75 Å². The summed E-state index contributed by atoms with van der Waals surface area (Å²) in [6.07, 6.45) is 3.40. The Morgan fingerprint density at radius 1 is 1.13 bits per heavy atom. The van der Waals surface area contributed by atoms with E-state index in [9.17, 15) is 19.1 Å². The first-order valence-electron chi connectivity index (χ1n) is 9.71. The standard InChI is InChI=1S/C24H20Cl2FNO3/c1-4-15-9-10-23(25)21(30)28(18-7-5-17(27)6-8-18)22(31)24(23,26)19(15)16-11-13(2)20(29)14(3)12-16/h4-9,11-12,19,29H,1,10H2,2-3H3. The first-order valence-corrected chi connectivity index (χ1v) is 10.5. The molecule has 2 amide bonds. The Hall–Kier alpha value is -2.63. The van der Waals surface area contributed by atoms with Crippen LogP contribution >= 0.6 is 23.2 Å². The number of anilines is 1. The zero-order valence-corrected chi connectivity index (χ0v) is 18.5. The lowest BCUT2D eigenvalue weighted by Gasteiger charge is -2.42. The highest BCUT2D eigenvalue weighted by atomic mass is 35.5. The van der Waals surface area contributed by atoms with Crippen molar-refractivity contribution in [1.29, 1.82) is 0 Å². The number of amides is 2. The van der Waals surface area contributed by atoms with Crippen LogP contribution in [0.25, 0.3) is 0 Å². The molecule has 31 heavy (non-hydrogen) atoms. The second kappa shape index (κ2) is 7.21. The number of imide groups is 1. The van der Waals surface area contributed by atoms with Crippen LogP contribution in [0.15, 0.2) is 60.7 Å². The maximum atomic E-state index is 13.7. The molecule has 4 nitrogen and oxygen atoms in total. The van der Waals surface area contributed by atoms with E-state index in [0.717, 1.165) is 17.0 Å². The molecule has 7 heteroatoms. The van der Waals surface area contributed by atoms with Crippen molar-refractivity contribution in [3.8, 4) is 5.75 Å². The summed E-state index contributed by atoms with van der Waals surface area (Å²) < 4.78 is 13.4. The minimum absolute atomic E-state index is 0.0359. The van der Waals surface area contributed by atoms with Crippen LogP contribution in [-0.4, -0.2) is 26.7 Å². The van der Waals surface area contributed by atoms with Crippen molar-refractivity contribution in [3.05, 3.63) is 83.2 Å². The third kappa shape index (κ3) is 2.87. The minimum atomic E-state index is -1.84. The number of benzene rings is 2. The number of hydrogen-bond donors (Lipinski definition) is 1. The van der Waals surface area contributed by atoms with Gasteiger partial charge in [0.1, 0.15) is 11.6 Å². The molecule has 1 fully saturated rings. The van der Waals surface area contributed by atoms with Gasteiger partial charge in [-0.25, -0.2) is 9.29 Å². The van der Waals surface area contributed by atoms with E-state index in [1.54, 1.807) is 38.1 Å². The van der Waals surface area contributed by atoms with Crippen molar-refractivity contribution in [2.75, 3.05) is 4.90 Å². The van der Waals surface area contributed by atoms with Crippen molar-refractivity contribution in [1.82, 2.24) is 0 Å². The van der Waals surface area contributed by atoms with Crippen molar-refractivity contribution in [2.45, 2.75) is 35.9 Å². The maximum Gasteiger partial charge on any atom is 0.258 e. The fourth-order valence-corrected chi connectivity index (χ4v) is 5.40. The summed E-state index contributed by atoms with van der Waals surface area (Å²) in [4.78, 5) is 24.5. The summed E-state index contributed by atoms with van der Waals surface area (Å²) >= 11 is 14.0. The number of halogens is 3. The smallest absolute Gasteiger partial charge is 0.258 e. The van der Waals surface area contributed by atoms with Gasteiger partial charge in [0.2, 0.25) is 0 Å². The van der Waals surface area contributed by atoms with E-state index in [1.807, 2.05) is 0 Å². The molecule has 2 aliphatic rings. The fraction of sp³-hybridized carbons (Fsp3) is 0.250. The number of hydrogen-bond acceptors (Lipinski definition) is 3. The maximum absolute atomic E-state index is 13.7. The first-order chi connectivity index (χ1) is 14.6. The molecule has 160 valence electrons. The molecule has 1 saturated heterocycles. The van der Waals surface area contributed by atoms with E-state index in [2.05, 4.69) is 6.58 Å². The predicted molar refractivity (Wildman–Crippen MR) is 119 cm³/mol. The van der Waals surface area contributed by atoms with Gasteiger partial charge >= 0.3 is 0 Å². The molecule has 3 unspecified atom stereocenters. The first kappa shape index (κ1) is 21.6. The lowest BCUT2D eigenvalue weighted by atomic mass is 9.68. The largest absolute Gasteiger partial charge is 0.507 e. The van der Waals surface area contributed by atoms with Gasteiger partial charge in [-0.15, -0.1) is 23.2 Å². The van der Waals surface area contributed by atoms with Gasteiger partial charge in [-0.1, -0.05) is 30.9 Å². The molecule has 3 atom stereocenters. The Bertz CT molecular complexity index is 1140. The van der Waals surface area contributed by atoms with Crippen molar-refractivity contribution in [3.63, 3.8) is 0 Å². The number of fused-ring (bicyclic) bond motifs is 1. The third-order valence-electron chi connectivity index (χ3n) is 6.15. The number of phenols is 1. The van der Waals surface area contributed by atoms with E-state index in [4.69, 9.17) is 23.2 Å². The highest BCUT2D eigenvalue weighted by Crippen LogP contribution is 2.59. The van der Waals surface area contributed by atoms with Crippen molar-refractivity contribution in [2.24, 2.45) is 0 Å². The minimum Gasteiger partial charge on any atom is -0.507 e. The van der Waals surface area contributed by atoms with E-state index in [-0.39, 0.29) is 17.9 Å². The number of phenolic OH excluding ortho intramolecular Hbond substituents is 1. The molecule has 4 rings (SSSR count). The lowest BCUT2D eigenvalue weighted by molar-refractivity contribution is -0.122. The normalized spacial score (nSPS) is 27.8. The number of carbonyl (C=O) groups is 2. The predicted octanol–water partition coefficient (Wildman–Crippen LogP) is 5.28. The van der Waals surface area contributed by atoms with Gasteiger partial charge in [-0.2, -0.15) is 0 Å². The molecular formula is C24H20Cl2FNO3. The van der Waals surface area contributed by atoms with Gasteiger partial charge in [0.05, 0.1) is 5.69 Å². The molecule has 1 N–H and O–H groups in total. The van der Waals surface area contributed by atoms with E-state index >= 15 is 0 Å². The highest BCUT2D eigenvalue weighted by molar-refractivity contribution is 6.58. The van der Waals surface area contributed by atoms with Gasteiger partial charge in [-0.3, -0.25) is 9.59 Å². The average Bonchev–Trinajstić information content (AvgIpc) is 2.89. The SMILES string of the molecule is C=CC1=CCC2(Cl)C(=O)N(c3ccc(F)cc3)C(=O)C2(Cl)C1c1cc(C)c(O)c(C)c1. The van der Waals surface area contributed by atoms with Crippen LogP contribution < -0.4 is 4.90 Å². The Morgan fingerprint density at radius 3 is 2.26 bits per heavy atom. The second-order valence-electron chi connectivity index (χ2n) is 7.98. The number of allylic oxidation sites excluding steroid dienone is 3. The Labute approximate surface area is 189 Å². The molecule has 1 aliphatic heterocycles. The third-order valence-corrected chi connectivity index (χ3v) is 7.56. The summed E-state index contributed by atoms with van der Waals surface area (Å²) in [6, 6.07) is 8.47. The summed E-state index contributed by atoms with van der Waals surface area (Å²) in [6.45, 7) is 7.34. The van der Waals surface area contributed by atoms with E-state index < -0.39 is 33.3 Å². The van der Waals surface area contributed by atoms with Gasteiger partial charge in [-0.05, 0) is 66.8 Å². The molecular weight excluding hydrogens is 440 g/mol. The zero-order chi connectivity index (χ0) is 22.7. The quantitative estimate of drug-likeness (QED) is 0.501. The number of nitrogens with zero attached hydrogens (tertiary/aromatic N) is 1. The molecule has 0 bridgehead atoms. The zero-order valence-electron chi connectivity index (χ0n) is 17.0. The number of carbonyl (C=O) groups excluding carboxylic acids is 2. The highest BCUT2D eigenvalue weighted by Gasteiger charge is 2.73.